The minimum absolute atomic E-state index is 0.0362. The second-order valence-electron chi connectivity index (χ2n) is 6.85. The van der Waals surface area contributed by atoms with Gasteiger partial charge >= 0.3 is 6.61 Å². The third kappa shape index (κ3) is 3.87. The van der Waals surface area contributed by atoms with Crippen LogP contribution in [0.3, 0.4) is 0 Å². The zero-order chi connectivity index (χ0) is 22.1. The number of hydrogen-bond acceptors (Lipinski definition) is 4. The largest absolute Gasteiger partial charge is 0.435 e. The summed E-state index contributed by atoms with van der Waals surface area (Å²) in [6.07, 6.45) is 0. The molecule has 3 amide bonds. The Hall–Kier alpha value is -4.07. The number of aryl methyl sites for hydroxylation is 1. The number of carbonyl (C=O) groups is 3. The van der Waals surface area contributed by atoms with E-state index >= 15 is 0 Å². The van der Waals surface area contributed by atoms with Crippen LogP contribution in [0.4, 0.5) is 20.2 Å². The quantitative estimate of drug-likeness (QED) is 0.608. The molecule has 0 bridgehead atoms. The van der Waals surface area contributed by atoms with Gasteiger partial charge in [0.1, 0.15) is 5.75 Å². The number of rotatable bonds is 5. The number of ether oxygens (including phenoxy) is 1. The number of fused-ring (bicyclic) bond motifs is 1. The van der Waals surface area contributed by atoms with Crippen molar-refractivity contribution in [2.24, 2.45) is 0 Å². The lowest BCUT2D eigenvalue weighted by atomic mass is 10.1. The molecule has 1 heterocycles. The number of carbonyl (C=O) groups excluding carboxylic acids is 3. The van der Waals surface area contributed by atoms with E-state index in [2.05, 4.69) is 10.1 Å². The summed E-state index contributed by atoms with van der Waals surface area (Å²) < 4.78 is 28.7. The molecular formula is C23H16F2N2O4. The second kappa shape index (κ2) is 7.98. The molecule has 0 spiro atoms. The fourth-order valence-electron chi connectivity index (χ4n) is 3.34. The SMILES string of the molecule is Cc1ccccc1N1C(=O)c2ccc(C(=O)Nc3ccc(OC(F)F)cc3)cc2C1=O. The molecular weight excluding hydrogens is 406 g/mol. The predicted molar refractivity (Wildman–Crippen MR) is 110 cm³/mol. The van der Waals surface area contributed by atoms with Gasteiger partial charge < -0.3 is 10.1 Å². The first kappa shape index (κ1) is 20.2. The van der Waals surface area contributed by atoms with Gasteiger partial charge in [-0.05, 0) is 61.0 Å². The molecule has 0 fully saturated rings. The van der Waals surface area contributed by atoms with Crippen LogP contribution in [0.15, 0.2) is 66.7 Å². The lowest BCUT2D eigenvalue weighted by Gasteiger charge is -2.16. The van der Waals surface area contributed by atoms with Crippen LogP contribution < -0.4 is 15.0 Å². The summed E-state index contributed by atoms with van der Waals surface area (Å²) in [5, 5.41) is 2.62. The van der Waals surface area contributed by atoms with E-state index in [1.54, 1.807) is 25.1 Å². The number of nitrogens with zero attached hydrogens (tertiary/aromatic N) is 1. The standard InChI is InChI=1S/C23H16F2N2O4/c1-13-4-2-3-5-19(13)27-21(29)17-11-6-14(12-18(17)22(27)30)20(28)26-15-7-9-16(10-8-15)31-23(24)25/h2-12,23H,1H3,(H,26,28). The van der Waals surface area contributed by atoms with Crippen molar-refractivity contribution in [1.82, 2.24) is 0 Å². The molecule has 0 aromatic heterocycles. The maximum Gasteiger partial charge on any atom is 0.387 e. The molecule has 31 heavy (non-hydrogen) atoms. The van der Waals surface area contributed by atoms with Crippen molar-refractivity contribution >= 4 is 29.1 Å². The Balaban J connectivity index is 1.56. The molecule has 0 atom stereocenters. The third-order valence-electron chi connectivity index (χ3n) is 4.84. The maximum absolute atomic E-state index is 12.9. The lowest BCUT2D eigenvalue weighted by Crippen LogP contribution is -2.29. The number of amides is 3. The maximum atomic E-state index is 12.9. The Morgan fingerprint density at radius 2 is 1.61 bits per heavy atom. The summed E-state index contributed by atoms with van der Waals surface area (Å²) in [7, 11) is 0. The normalized spacial score (nSPS) is 12.8. The summed E-state index contributed by atoms with van der Waals surface area (Å²) in [6, 6.07) is 16.7. The predicted octanol–water partition coefficient (Wildman–Crippen LogP) is 4.65. The molecule has 0 radical (unpaired) electrons. The Morgan fingerprint density at radius 3 is 2.29 bits per heavy atom. The van der Waals surface area contributed by atoms with E-state index in [1.165, 1.54) is 42.5 Å². The van der Waals surface area contributed by atoms with Crippen molar-refractivity contribution < 1.29 is 27.9 Å². The van der Waals surface area contributed by atoms with Crippen LogP contribution in [0.25, 0.3) is 0 Å². The lowest BCUT2D eigenvalue weighted by molar-refractivity contribution is -0.0498. The van der Waals surface area contributed by atoms with Crippen LogP contribution in [0.1, 0.15) is 36.6 Å². The first-order valence-corrected chi connectivity index (χ1v) is 9.30. The van der Waals surface area contributed by atoms with Crippen LogP contribution in [-0.2, 0) is 0 Å². The van der Waals surface area contributed by atoms with Crippen molar-refractivity contribution in [3.63, 3.8) is 0 Å². The fraction of sp³-hybridized carbons (Fsp3) is 0.0870. The fourth-order valence-corrected chi connectivity index (χ4v) is 3.34. The van der Waals surface area contributed by atoms with E-state index in [0.29, 0.717) is 11.4 Å². The first-order chi connectivity index (χ1) is 14.8. The average molecular weight is 422 g/mol. The van der Waals surface area contributed by atoms with Crippen LogP contribution in [0, 0.1) is 6.92 Å². The second-order valence-corrected chi connectivity index (χ2v) is 6.85. The number of para-hydroxylation sites is 1. The molecule has 4 rings (SSSR count). The zero-order valence-corrected chi connectivity index (χ0v) is 16.3. The summed E-state index contributed by atoms with van der Waals surface area (Å²) in [5.74, 6) is -1.50. The number of anilines is 2. The van der Waals surface area contributed by atoms with Gasteiger partial charge in [0.05, 0.1) is 16.8 Å². The van der Waals surface area contributed by atoms with Gasteiger partial charge in [-0.3, -0.25) is 14.4 Å². The molecule has 0 saturated carbocycles. The summed E-state index contributed by atoms with van der Waals surface area (Å²) >= 11 is 0. The molecule has 6 nitrogen and oxygen atoms in total. The zero-order valence-electron chi connectivity index (χ0n) is 16.3. The highest BCUT2D eigenvalue weighted by molar-refractivity contribution is 6.35. The van der Waals surface area contributed by atoms with Crippen LogP contribution in [-0.4, -0.2) is 24.3 Å². The molecule has 1 aliphatic rings. The summed E-state index contributed by atoms with van der Waals surface area (Å²) in [6.45, 7) is -1.14. The van der Waals surface area contributed by atoms with E-state index in [0.717, 1.165) is 10.5 Å². The first-order valence-electron chi connectivity index (χ1n) is 9.30. The van der Waals surface area contributed by atoms with E-state index in [-0.39, 0.29) is 22.4 Å². The Labute approximate surface area is 176 Å². The van der Waals surface area contributed by atoms with Crippen molar-refractivity contribution in [3.8, 4) is 5.75 Å². The van der Waals surface area contributed by atoms with Crippen molar-refractivity contribution in [1.29, 1.82) is 0 Å². The van der Waals surface area contributed by atoms with E-state index in [1.807, 2.05) is 6.07 Å². The molecule has 156 valence electrons. The van der Waals surface area contributed by atoms with Crippen LogP contribution in [0.5, 0.6) is 5.75 Å². The topological polar surface area (TPSA) is 75.7 Å². The van der Waals surface area contributed by atoms with Crippen molar-refractivity contribution in [2.75, 3.05) is 10.2 Å². The van der Waals surface area contributed by atoms with Gasteiger partial charge in [0.15, 0.2) is 0 Å². The van der Waals surface area contributed by atoms with Gasteiger partial charge in [0, 0.05) is 11.3 Å². The Morgan fingerprint density at radius 1 is 0.935 bits per heavy atom. The average Bonchev–Trinajstić information content (AvgIpc) is 2.99. The summed E-state index contributed by atoms with van der Waals surface area (Å²) in [5.41, 5.74) is 2.16. The van der Waals surface area contributed by atoms with Gasteiger partial charge in [0.25, 0.3) is 17.7 Å². The molecule has 8 heteroatoms. The van der Waals surface area contributed by atoms with Gasteiger partial charge in [-0.1, -0.05) is 18.2 Å². The van der Waals surface area contributed by atoms with Gasteiger partial charge in [-0.15, -0.1) is 0 Å². The number of hydrogen-bond donors (Lipinski definition) is 1. The smallest absolute Gasteiger partial charge is 0.387 e. The van der Waals surface area contributed by atoms with Gasteiger partial charge in [0.2, 0.25) is 0 Å². The molecule has 1 N–H and O–H groups in total. The van der Waals surface area contributed by atoms with E-state index in [4.69, 9.17) is 0 Å². The monoisotopic (exact) mass is 422 g/mol. The summed E-state index contributed by atoms with van der Waals surface area (Å²) in [4.78, 5) is 39.4. The minimum Gasteiger partial charge on any atom is -0.435 e. The highest BCUT2D eigenvalue weighted by Gasteiger charge is 2.37. The highest BCUT2D eigenvalue weighted by atomic mass is 19.3. The van der Waals surface area contributed by atoms with Crippen molar-refractivity contribution in [2.45, 2.75) is 13.5 Å². The molecule has 0 saturated heterocycles. The number of benzene rings is 3. The van der Waals surface area contributed by atoms with Crippen LogP contribution in [0.2, 0.25) is 0 Å². The Bertz CT molecular complexity index is 1190. The molecule has 0 unspecified atom stereocenters. The highest BCUT2D eigenvalue weighted by Crippen LogP contribution is 2.31. The number of imide groups is 1. The number of halogens is 2. The van der Waals surface area contributed by atoms with Crippen LogP contribution >= 0.6 is 0 Å². The Kier molecular flexibility index (Phi) is 5.21. The molecule has 3 aromatic carbocycles. The third-order valence-corrected chi connectivity index (χ3v) is 4.84. The molecule has 3 aromatic rings. The number of nitrogens with one attached hydrogen (secondary N) is 1. The number of alkyl halides is 2. The molecule has 0 aliphatic carbocycles. The minimum atomic E-state index is -2.94. The van der Waals surface area contributed by atoms with Gasteiger partial charge in [-0.25, -0.2) is 4.90 Å². The van der Waals surface area contributed by atoms with Crippen molar-refractivity contribution in [3.05, 3.63) is 89.0 Å². The van der Waals surface area contributed by atoms with E-state index in [9.17, 15) is 23.2 Å². The molecule has 1 aliphatic heterocycles. The van der Waals surface area contributed by atoms with Gasteiger partial charge in [-0.2, -0.15) is 8.78 Å². The van der Waals surface area contributed by atoms with E-state index < -0.39 is 24.3 Å².